The van der Waals surface area contributed by atoms with Crippen LogP contribution in [0.25, 0.3) is 0 Å². The van der Waals surface area contributed by atoms with Crippen molar-refractivity contribution >= 4 is 17.4 Å². The fourth-order valence-corrected chi connectivity index (χ4v) is 3.13. The molecule has 2 heterocycles. The minimum atomic E-state index is -4.50. The van der Waals surface area contributed by atoms with Gasteiger partial charge < -0.3 is 4.90 Å². The SMILES string of the molecule is Fc1cccc(F)c1CN1CCN(c2ncc(C(F)(F)F)cc2Cl)CC1. The lowest BCUT2D eigenvalue weighted by molar-refractivity contribution is -0.137. The first-order chi connectivity index (χ1) is 12.3. The first kappa shape index (κ1) is 18.8. The summed E-state index contributed by atoms with van der Waals surface area (Å²) >= 11 is 5.96. The van der Waals surface area contributed by atoms with Crippen LogP contribution in [0, 0.1) is 11.6 Å². The topological polar surface area (TPSA) is 19.4 Å². The average Bonchev–Trinajstić information content (AvgIpc) is 2.58. The molecule has 1 aromatic carbocycles. The van der Waals surface area contributed by atoms with Crippen molar-refractivity contribution < 1.29 is 22.0 Å². The average molecular weight is 392 g/mol. The molecule has 0 atom stereocenters. The van der Waals surface area contributed by atoms with Crippen molar-refractivity contribution in [3.63, 3.8) is 0 Å². The highest BCUT2D eigenvalue weighted by molar-refractivity contribution is 6.33. The predicted octanol–water partition coefficient (Wildman–Crippen LogP) is 4.35. The second-order valence-electron chi connectivity index (χ2n) is 5.99. The molecule has 1 aliphatic rings. The van der Waals surface area contributed by atoms with E-state index >= 15 is 0 Å². The van der Waals surface area contributed by atoms with E-state index in [0.29, 0.717) is 26.2 Å². The maximum atomic E-state index is 13.7. The zero-order chi connectivity index (χ0) is 18.9. The number of aromatic nitrogens is 1. The van der Waals surface area contributed by atoms with Crippen LogP contribution in [0.2, 0.25) is 5.02 Å². The molecule has 1 fully saturated rings. The lowest BCUT2D eigenvalue weighted by Crippen LogP contribution is -2.46. The molecule has 0 unspecified atom stereocenters. The Labute approximate surface area is 152 Å². The van der Waals surface area contributed by atoms with Crippen LogP contribution in [-0.4, -0.2) is 36.1 Å². The van der Waals surface area contributed by atoms with Crippen LogP contribution >= 0.6 is 11.6 Å². The van der Waals surface area contributed by atoms with E-state index in [0.717, 1.165) is 12.3 Å². The van der Waals surface area contributed by atoms with Crippen LogP contribution in [0.4, 0.5) is 27.8 Å². The van der Waals surface area contributed by atoms with E-state index in [2.05, 4.69) is 4.98 Å². The largest absolute Gasteiger partial charge is 0.417 e. The van der Waals surface area contributed by atoms with Crippen molar-refractivity contribution in [1.82, 2.24) is 9.88 Å². The number of rotatable bonds is 3. The van der Waals surface area contributed by atoms with E-state index in [1.54, 1.807) is 4.90 Å². The van der Waals surface area contributed by atoms with Crippen molar-refractivity contribution in [2.24, 2.45) is 0 Å². The Morgan fingerprint density at radius 1 is 1.04 bits per heavy atom. The number of benzene rings is 1. The second-order valence-corrected chi connectivity index (χ2v) is 6.40. The predicted molar refractivity (Wildman–Crippen MR) is 88.1 cm³/mol. The van der Waals surface area contributed by atoms with Gasteiger partial charge in [0.2, 0.25) is 0 Å². The summed E-state index contributed by atoms with van der Waals surface area (Å²) in [5, 5.41) is -0.0755. The van der Waals surface area contributed by atoms with Gasteiger partial charge in [0, 0.05) is 44.5 Å². The molecule has 0 aliphatic carbocycles. The Hall–Kier alpha value is -1.93. The Bertz CT molecular complexity index is 768. The van der Waals surface area contributed by atoms with Gasteiger partial charge in [0.1, 0.15) is 17.5 Å². The first-order valence-corrected chi connectivity index (χ1v) is 8.26. The third-order valence-corrected chi connectivity index (χ3v) is 4.54. The highest BCUT2D eigenvalue weighted by Gasteiger charge is 2.32. The highest BCUT2D eigenvalue weighted by atomic mass is 35.5. The number of hydrogen-bond acceptors (Lipinski definition) is 3. The van der Waals surface area contributed by atoms with Crippen molar-refractivity contribution in [3.05, 3.63) is 58.2 Å². The third-order valence-electron chi connectivity index (χ3n) is 4.26. The summed E-state index contributed by atoms with van der Waals surface area (Å²) in [6.45, 7) is 1.96. The van der Waals surface area contributed by atoms with Crippen molar-refractivity contribution in [3.8, 4) is 0 Å². The zero-order valence-electron chi connectivity index (χ0n) is 13.5. The van der Waals surface area contributed by atoms with Crippen LogP contribution < -0.4 is 4.90 Å². The summed E-state index contributed by atoms with van der Waals surface area (Å²) in [6.07, 6.45) is -3.75. The van der Waals surface area contributed by atoms with Gasteiger partial charge >= 0.3 is 6.18 Å². The molecule has 3 rings (SSSR count). The normalized spacial score (nSPS) is 16.2. The summed E-state index contributed by atoms with van der Waals surface area (Å²) in [5.41, 5.74) is -0.897. The first-order valence-electron chi connectivity index (χ1n) is 7.88. The van der Waals surface area contributed by atoms with Crippen LogP contribution in [0.3, 0.4) is 0 Å². The number of halogens is 6. The van der Waals surface area contributed by atoms with Crippen molar-refractivity contribution in [1.29, 1.82) is 0 Å². The molecular formula is C17H15ClF5N3. The van der Waals surface area contributed by atoms with E-state index in [1.807, 2.05) is 4.90 Å². The molecule has 26 heavy (non-hydrogen) atoms. The standard InChI is InChI=1S/C17H15ClF5N3/c18-13-8-11(17(21,22)23)9-24-16(13)26-6-4-25(5-7-26)10-12-14(19)2-1-3-15(12)20/h1-3,8-9H,4-7,10H2. The van der Waals surface area contributed by atoms with E-state index in [-0.39, 0.29) is 22.9 Å². The van der Waals surface area contributed by atoms with Crippen LogP contribution in [0.15, 0.2) is 30.5 Å². The van der Waals surface area contributed by atoms with E-state index in [9.17, 15) is 22.0 Å². The highest BCUT2D eigenvalue weighted by Crippen LogP contribution is 2.33. The Kier molecular flexibility index (Phi) is 5.34. The molecule has 0 amide bonds. The zero-order valence-corrected chi connectivity index (χ0v) is 14.3. The van der Waals surface area contributed by atoms with Gasteiger partial charge in [-0.3, -0.25) is 4.90 Å². The van der Waals surface area contributed by atoms with Crippen LogP contribution in [0.1, 0.15) is 11.1 Å². The molecule has 140 valence electrons. The molecule has 0 spiro atoms. The second kappa shape index (κ2) is 7.36. The summed E-state index contributed by atoms with van der Waals surface area (Å²) in [6, 6.07) is 4.58. The number of anilines is 1. The molecule has 1 saturated heterocycles. The fraction of sp³-hybridized carbons (Fsp3) is 0.353. The van der Waals surface area contributed by atoms with Crippen LogP contribution in [-0.2, 0) is 12.7 Å². The molecule has 0 bridgehead atoms. The monoisotopic (exact) mass is 391 g/mol. The van der Waals surface area contributed by atoms with Gasteiger partial charge in [0.15, 0.2) is 0 Å². The summed E-state index contributed by atoms with van der Waals surface area (Å²) in [4.78, 5) is 7.47. The molecule has 3 nitrogen and oxygen atoms in total. The molecular weight excluding hydrogens is 377 g/mol. The fourth-order valence-electron chi connectivity index (χ4n) is 2.84. The molecule has 9 heteroatoms. The molecule has 0 saturated carbocycles. The van der Waals surface area contributed by atoms with Gasteiger partial charge in [-0.25, -0.2) is 13.8 Å². The van der Waals surface area contributed by atoms with Gasteiger partial charge in [0.25, 0.3) is 0 Å². The number of hydrogen-bond donors (Lipinski definition) is 0. The maximum Gasteiger partial charge on any atom is 0.417 e. The number of pyridine rings is 1. The quantitative estimate of drug-likeness (QED) is 0.725. The number of nitrogens with zero attached hydrogens (tertiary/aromatic N) is 3. The smallest absolute Gasteiger partial charge is 0.353 e. The Morgan fingerprint density at radius 2 is 1.65 bits per heavy atom. The molecule has 0 N–H and O–H groups in total. The third kappa shape index (κ3) is 4.07. The molecule has 2 aromatic rings. The van der Waals surface area contributed by atoms with Gasteiger partial charge in [-0.15, -0.1) is 0 Å². The molecule has 1 aliphatic heterocycles. The molecule has 0 radical (unpaired) electrons. The maximum absolute atomic E-state index is 13.7. The van der Waals surface area contributed by atoms with Crippen LogP contribution in [0.5, 0.6) is 0 Å². The van der Waals surface area contributed by atoms with Crippen molar-refractivity contribution in [2.75, 3.05) is 31.1 Å². The summed E-state index contributed by atoms with van der Waals surface area (Å²) in [5.74, 6) is -0.920. The molecule has 1 aromatic heterocycles. The minimum absolute atomic E-state index is 0.00615. The van der Waals surface area contributed by atoms with E-state index in [1.165, 1.54) is 18.2 Å². The van der Waals surface area contributed by atoms with E-state index in [4.69, 9.17) is 11.6 Å². The lowest BCUT2D eigenvalue weighted by Gasteiger charge is -2.35. The van der Waals surface area contributed by atoms with Crippen molar-refractivity contribution in [2.45, 2.75) is 12.7 Å². The minimum Gasteiger partial charge on any atom is -0.353 e. The Morgan fingerprint density at radius 3 is 2.19 bits per heavy atom. The van der Waals surface area contributed by atoms with E-state index < -0.39 is 23.4 Å². The van der Waals surface area contributed by atoms with Gasteiger partial charge in [-0.2, -0.15) is 13.2 Å². The summed E-state index contributed by atoms with van der Waals surface area (Å²) < 4.78 is 65.5. The Balaban J connectivity index is 1.65. The number of piperazine rings is 1. The van der Waals surface area contributed by atoms with Gasteiger partial charge in [0.05, 0.1) is 10.6 Å². The number of alkyl halides is 3. The lowest BCUT2D eigenvalue weighted by atomic mass is 10.1. The van der Waals surface area contributed by atoms with Gasteiger partial charge in [-0.1, -0.05) is 17.7 Å². The van der Waals surface area contributed by atoms with Gasteiger partial charge in [-0.05, 0) is 18.2 Å². The summed E-state index contributed by atoms with van der Waals surface area (Å²) in [7, 11) is 0.